The minimum Gasteiger partial charge on any atom is -0.475 e. The van der Waals surface area contributed by atoms with Crippen LogP contribution in [0.1, 0.15) is 42.8 Å². The number of thioether (sulfide) groups is 1. The van der Waals surface area contributed by atoms with Crippen LogP contribution in [0.15, 0.2) is 91.0 Å². The number of carbonyl (C=O) groups is 5. The second-order valence-corrected chi connectivity index (χ2v) is 12.9. The lowest BCUT2D eigenvalue weighted by molar-refractivity contribution is -0.151. The standard InChI is InChI=1S/C34H37N3O7S/c1-34(2,3)28(36-33(43)44-20-23-15-9-5-10-16-23)30(40)37-26(21-45-31(37)24-17-11-6-12-18-24)29(39)35-25(27(38)32(41)42)19-22-13-7-4-8-14-22/h4-18,25-26,28,31H,19-21H2,1-3H3,(H,35,39)(H,36,43)(H,41,42)/t25-,26-,28+,31?/m0/s1. The summed E-state index contributed by atoms with van der Waals surface area (Å²) >= 11 is 1.37. The van der Waals surface area contributed by atoms with Gasteiger partial charge in [0.2, 0.25) is 11.8 Å². The van der Waals surface area contributed by atoms with Gasteiger partial charge in [0.25, 0.3) is 5.78 Å². The molecule has 45 heavy (non-hydrogen) atoms. The predicted molar refractivity (Wildman–Crippen MR) is 170 cm³/mol. The smallest absolute Gasteiger partial charge is 0.408 e. The number of amides is 3. The molecule has 236 valence electrons. The molecule has 1 unspecified atom stereocenters. The molecule has 3 aromatic carbocycles. The summed E-state index contributed by atoms with van der Waals surface area (Å²) in [5, 5.41) is 14.2. The first-order chi connectivity index (χ1) is 21.5. The number of hydrogen-bond acceptors (Lipinski definition) is 7. The normalized spacial score (nSPS) is 17.5. The molecule has 3 N–H and O–H groups in total. The maximum Gasteiger partial charge on any atom is 0.408 e. The van der Waals surface area contributed by atoms with E-state index in [4.69, 9.17) is 4.74 Å². The molecule has 3 aromatic rings. The van der Waals surface area contributed by atoms with Gasteiger partial charge < -0.3 is 25.4 Å². The van der Waals surface area contributed by atoms with E-state index in [1.54, 1.807) is 51.1 Å². The highest BCUT2D eigenvalue weighted by molar-refractivity contribution is 7.99. The van der Waals surface area contributed by atoms with Gasteiger partial charge in [0.1, 0.15) is 30.1 Å². The van der Waals surface area contributed by atoms with E-state index in [0.717, 1.165) is 11.1 Å². The van der Waals surface area contributed by atoms with Crippen LogP contribution in [0.25, 0.3) is 0 Å². The highest BCUT2D eigenvalue weighted by Crippen LogP contribution is 2.42. The average Bonchev–Trinajstić information content (AvgIpc) is 3.48. The number of carboxylic acid groups (broad SMARTS) is 1. The third-order valence-corrected chi connectivity index (χ3v) is 8.68. The quantitative estimate of drug-likeness (QED) is 0.265. The molecule has 4 atom stereocenters. The maximum absolute atomic E-state index is 14.4. The summed E-state index contributed by atoms with van der Waals surface area (Å²) in [4.78, 5) is 67.0. The molecule has 0 aromatic heterocycles. The minimum absolute atomic E-state index is 0.00930. The molecule has 1 saturated heterocycles. The molecule has 0 saturated carbocycles. The number of nitrogens with zero attached hydrogens (tertiary/aromatic N) is 1. The van der Waals surface area contributed by atoms with Gasteiger partial charge in [0, 0.05) is 12.2 Å². The Balaban J connectivity index is 1.61. The van der Waals surface area contributed by atoms with Gasteiger partial charge in [-0.2, -0.15) is 0 Å². The second kappa shape index (κ2) is 14.9. The first-order valence-corrected chi connectivity index (χ1v) is 15.6. The van der Waals surface area contributed by atoms with Crippen molar-refractivity contribution in [3.63, 3.8) is 0 Å². The van der Waals surface area contributed by atoms with Gasteiger partial charge in [-0.05, 0) is 22.1 Å². The van der Waals surface area contributed by atoms with Gasteiger partial charge in [-0.3, -0.25) is 14.4 Å². The van der Waals surface area contributed by atoms with Crippen molar-refractivity contribution in [1.29, 1.82) is 0 Å². The number of ketones is 1. The first kappa shape index (κ1) is 33.3. The summed E-state index contributed by atoms with van der Waals surface area (Å²) in [5.74, 6) is -3.82. The van der Waals surface area contributed by atoms with Gasteiger partial charge in [-0.15, -0.1) is 11.8 Å². The van der Waals surface area contributed by atoms with Crippen LogP contribution in [-0.4, -0.2) is 63.5 Å². The molecule has 0 aliphatic carbocycles. The van der Waals surface area contributed by atoms with Crippen molar-refractivity contribution in [3.8, 4) is 0 Å². The van der Waals surface area contributed by atoms with Gasteiger partial charge in [0.05, 0.1) is 0 Å². The molecule has 1 aliphatic rings. The summed E-state index contributed by atoms with van der Waals surface area (Å²) in [6.07, 6.45) is -0.821. The Morgan fingerprint density at radius 2 is 1.42 bits per heavy atom. The fourth-order valence-corrected chi connectivity index (χ4v) is 6.45. The molecular formula is C34H37N3O7S. The topological polar surface area (TPSA) is 142 Å². The zero-order valence-corrected chi connectivity index (χ0v) is 26.2. The fraction of sp³-hybridized carbons (Fsp3) is 0.324. The molecule has 0 radical (unpaired) electrons. The van der Waals surface area contributed by atoms with E-state index in [1.807, 2.05) is 60.7 Å². The Labute approximate surface area is 266 Å². The summed E-state index contributed by atoms with van der Waals surface area (Å²) in [5.41, 5.74) is 1.43. The highest BCUT2D eigenvalue weighted by atomic mass is 32.2. The number of hydrogen-bond donors (Lipinski definition) is 3. The lowest BCUT2D eigenvalue weighted by Gasteiger charge is -2.37. The Morgan fingerprint density at radius 3 is 1.98 bits per heavy atom. The van der Waals surface area contributed by atoms with E-state index in [0.29, 0.717) is 5.56 Å². The molecule has 11 heteroatoms. The van der Waals surface area contributed by atoms with Crippen LogP contribution in [0.4, 0.5) is 4.79 Å². The van der Waals surface area contributed by atoms with E-state index in [1.165, 1.54) is 16.7 Å². The molecule has 0 bridgehead atoms. The summed E-state index contributed by atoms with van der Waals surface area (Å²) in [7, 11) is 0. The van der Waals surface area contributed by atoms with Crippen LogP contribution in [0.2, 0.25) is 0 Å². The van der Waals surface area contributed by atoms with Gasteiger partial charge in [0.15, 0.2) is 0 Å². The number of rotatable bonds is 11. The van der Waals surface area contributed by atoms with Crippen molar-refractivity contribution >= 4 is 41.4 Å². The van der Waals surface area contributed by atoms with Crippen molar-refractivity contribution in [2.45, 2.75) is 57.3 Å². The summed E-state index contributed by atoms with van der Waals surface area (Å²) in [6.45, 7) is 5.40. The molecule has 0 spiro atoms. The van der Waals surface area contributed by atoms with Crippen molar-refractivity contribution < 1.29 is 33.8 Å². The number of carboxylic acids is 1. The highest BCUT2D eigenvalue weighted by Gasteiger charge is 2.48. The number of nitrogens with one attached hydrogen (secondary N) is 2. The van der Waals surface area contributed by atoms with Crippen LogP contribution in [0.3, 0.4) is 0 Å². The van der Waals surface area contributed by atoms with Crippen LogP contribution in [0.5, 0.6) is 0 Å². The Kier molecular flexibility index (Phi) is 11.0. The molecule has 1 aliphatic heterocycles. The van der Waals surface area contributed by atoms with Gasteiger partial charge in [-0.1, -0.05) is 112 Å². The maximum atomic E-state index is 14.4. The van der Waals surface area contributed by atoms with Gasteiger partial charge in [-0.25, -0.2) is 9.59 Å². The average molecular weight is 632 g/mol. The van der Waals surface area contributed by atoms with E-state index in [-0.39, 0.29) is 18.8 Å². The zero-order chi connectivity index (χ0) is 32.6. The Hall–Kier alpha value is -4.64. The summed E-state index contributed by atoms with van der Waals surface area (Å²) in [6, 6.07) is 23.6. The number of Topliss-reactive ketones (excluding diaryl/α,β-unsaturated/α-hetero) is 1. The van der Waals surface area contributed by atoms with E-state index in [2.05, 4.69) is 10.6 Å². The molecular weight excluding hydrogens is 594 g/mol. The molecule has 1 fully saturated rings. The van der Waals surface area contributed by atoms with E-state index >= 15 is 0 Å². The van der Waals surface area contributed by atoms with Crippen LogP contribution in [0, 0.1) is 5.41 Å². The minimum atomic E-state index is -1.67. The molecule has 1 heterocycles. The Morgan fingerprint density at radius 1 is 0.867 bits per heavy atom. The fourth-order valence-electron chi connectivity index (χ4n) is 5.01. The molecule has 3 amide bonds. The zero-order valence-electron chi connectivity index (χ0n) is 25.3. The number of benzene rings is 3. The van der Waals surface area contributed by atoms with E-state index in [9.17, 15) is 29.1 Å². The number of carbonyl (C=O) groups excluding carboxylic acids is 4. The molecule has 10 nitrogen and oxygen atoms in total. The number of alkyl carbamates (subject to hydrolysis) is 1. The lowest BCUT2D eigenvalue weighted by Crippen LogP contribution is -2.59. The van der Waals surface area contributed by atoms with Crippen LogP contribution >= 0.6 is 11.8 Å². The van der Waals surface area contributed by atoms with Crippen molar-refractivity contribution in [2.24, 2.45) is 5.41 Å². The van der Waals surface area contributed by atoms with Crippen molar-refractivity contribution in [2.75, 3.05) is 5.75 Å². The third-order valence-electron chi connectivity index (χ3n) is 7.36. The van der Waals surface area contributed by atoms with E-state index < -0.39 is 58.6 Å². The second-order valence-electron chi connectivity index (χ2n) is 11.8. The first-order valence-electron chi connectivity index (χ1n) is 14.5. The van der Waals surface area contributed by atoms with Crippen LogP contribution in [-0.2, 0) is 36.9 Å². The Bertz CT molecular complexity index is 1500. The third kappa shape index (κ3) is 8.72. The predicted octanol–water partition coefficient (Wildman–Crippen LogP) is 4.35. The lowest BCUT2D eigenvalue weighted by atomic mass is 9.85. The van der Waals surface area contributed by atoms with Crippen LogP contribution < -0.4 is 10.6 Å². The number of aliphatic carboxylic acids is 1. The SMILES string of the molecule is CC(C)(C)[C@H](NC(=O)OCc1ccccc1)C(=O)N1C(c2ccccc2)SC[C@H]1C(=O)N[C@@H](Cc1ccccc1)C(=O)C(=O)O. The molecule has 4 rings (SSSR count). The monoisotopic (exact) mass is 631 g/mol. The van der Waals surface area contributed by atoms with Crippen molar-refractivity contribution in [1.82, 2.24) is 15.5 Å². The summed E-state index contributed by atoms with van der Waals surface area (Å²) < 4.78 is 5.41. The van der Waals surface area contributed by atoms with Gasteiger partial charge >= 0.3 is 12.1 Å². The largest absolute Gasteiger partial charge is 0.475 e. The van der Waals surface area contributed by atoms with Crippen molar-refractivity contribution in [3.05, 3.63) is 108 Å². The number of ether oxygens (including phenoxy) is 1.